The minimum atomic E-state index is -0.162. The quantitative estimate of drug-likeness (QED) is 0.898. The third-order valence-electron chi connectivity index (χ3n) is 3.06. The van der Waals surface area contributed by atoms with Crippen molar-refractivity contribution in [3.05, 3.63) is 34.2 Å². The smallest absolute Gasteiger partial charge is 0.273 e. The summed E-state index contributed by atoms with van der Waals surface area (Å²) in [4.78, 5) is 12.3. The van der Waals surface area contributed by atoms with Gasteiger partial charge in [0.25, 0.3) is 5.91 Å². The van der Waals surface area contributed by atoms with E-state index in [1.807, 2.05) is 23.8 Å². The fourth-order valence-electron chi connectivity index (χ4n) is 1.88. The number of rotatable bonds is 3. The van der Waals surface area contributed by atoms with E-state index in [1.54, 1.807) is 6.07 Å². The highest BCUT2D eigenvalue weighted by molar-refractivity contribution is 9.10. The maximum absolute atomic E-state index is 12.3. The molecule has 0 saturated carbocycles. The molecule has 2 rings (SSSR count). The van der Waals surface area contributed by atoms with Gasteiger partial charge < -0.3 is 9.88 Å². The van der Waals surface area contributed by atoms with Crippen LogP contribution < -0.4 is 5.32 Å². The third-order valence-corrected chi connectivity index (χ3v) is 3.50. The van der Waals surface area contributed by atoms with Crippen molar-refractivity contribution in [2.45, 2.75) is 39.7 Å². The maximum Gasteiger partial charge on any atom is 0.273 e. The lowest BCUT2D eigenvalue weighted by Gasteiger charge is -2.14. The summed E-state index contributed by atoms with van der Waals surface area (Å²) in [5.74, 6) is 0.379. The normalized spacial score (nSPS) is 11.7. The average Bonchev–Trinajstić information content (AvgIpc) is 2.94. The Morgan fingerprint density at radius 3 is 2.70 bits per heavy atom. The van der Waals surface area contributed by atoms with E-state index in [0.717, 1.165) is 16.7 Å². The summed E-state index contributed by atoms with van der Waals surface area (Å²) in [6, 6.07) is 3.67. The Kier molecular flexibility index (Phi) is 4.04. The Hall–Kier alpha value is -1.56. The van der Waals surface area contributed by atoms with Gasteiger partial charge in [-0.1, -0.05) is 20.8 Å². The van der Waals surface area contributed by atoms with Crippen molar-refractivity contribution in [3.8, 4) is 0 Å². The molecule has 2 aromatic heterocycles. The molecule has 0 radical (unpaired) electrons. The van der Waals surface area contributed by atoms with Crippen LogP contribution in [0, 0.1) is 0 Å². The molecule has 0 saturated heterocycles. The van der Waals surface area contributed by atoms with E-state index < -0.39 is 0 Å². The van der Waals surface area contributed by atoms with Crippen LogP contribution in [0.4, 0.5) is 5.82 Å². The van der Waals surface area contributed by atoms with E-state index in [9.17, 15) is 4.79 Å². The number of hydrogen-bond donors (Lipinski definition) is 2. The summed E-state index contributed by atoms with van der Waals surface area (Å²) in [6.07, 6.45) is 1.89. The molecule has 1 amide bonds. The molecule has 0 aliphatic carbocycles. The van der Waals surface area contributed by atoms with Crippen LogP contribution in [-0.2, 0) is 12.0 Å². The number of anilines is 1. The Morgan fingerprint density at radius 2 is 2.15 bits per heavy atom. The molecule has 2 aromatic rings. The number of amides is 1. The molecule has 0 fully saturated rings. The summed E-state index contributed by atoms with van der Waals surface area (Å²) in [5, 5.41) is 9.90. The number of halogens is 1. The largest absolute Gasteiger partial charge is 0.343 e. The van der Waals surface area contributed by atoms with Crippen LogP contribution in [0.2, 0.25) is 0 Å². The first kappa shape index (κ1) is 14.8. The van der Waals surface area contributed by atoms with Crippen molar-refractivity contribution in [2.24, 2.45) is 0 Å². The number of aromatic amines is 1. The number of nitrogens with one attached hydrogen (secondary N) is 2. The van der Waals surface area contributed by atoms with Crippen molar-refractivity contribution in [1.29, 1.82) is 0 Å². The Labute approximate surface area is 126 Å². The lowest BCUT2D eigenvalue weighted by molar-refractivity contribution is 0.101. The van der Waals surface area contributed by atoms with E-state index >= 15 is 0 Å². The Bertz CT molecular complexity index is 621. The highest BCUT2D eigenvalue weighted by Crippen LogP contribution is 2.22. The fourth-order valence-corrected chi connectivity index (χ4v) is 2.34. The zero-order valence-corrected chi connectivity index (χ0v) is 13.7. The molecule has 108 valence electrons. The summed E-state index contributed by atoms with van der Waals surface area (Å²) >= 11 is 3.39. The zero-order valence-electron chi connectivity index (χ0n) is 12.1. The SMILES string of the molecule is CCn1cc(Br)cc1C(=O)Nc1cc(C(C)(C)C)[nH]n1. The van der Waals surface area contributed by atoms with Crippen molar-refractivity contribution >= 4 is 27.7 Å². The second-order valence-electron chi connectivity index (χ2n) is 5.70. The first-order chi connectivity index (χ1) is 9.31. The van der Waals surface area contributed by atoms with Crippen molar-refractivity contribution < 1.29 is 4.79 Å². The van der Waals surface area contributed by atoms with Gasteiger partial charge in [-0.2, -0.15) is 5.10 Å². The number of carbonyl (C=O) groups excluding carboxylic acids is 1. The van der Waals surface area contributed by atoms with E-state index in [1.165, 1.54) is 0 Å². The van der Waals surface area contributed by atoms with Gasteiger partial charge in [-0.15, -0.1) is 0 Å². The molecule has 20 heavy (non-hydrogen) atoms. The molecule has 0 aliphatic heterocycles. The predicted octanol–water partition coefficient (Wildman–Crippen LogP) is 3.54. The minimum Gasteiger partial charge on any atom is -0.343 e. The molecular formula is C14H19BrN4O. The van der Waals surface area contributed by atoms with Gasteiger partial charge in [0.2, 0.25) is 0 Å². The van der Waals surface area contributed by atoms with Gasteiger partial charge in [0.1, 0.15) is 5.69 Å². The average molecular weight is 339 g/mol. The highest BCUT2D eigenvalue weighted by Gasteiger charge is 2.18. The van der Waals surface area contributed by atoms with Crippen molar-refractivity contribution in [3.63, 3.8) is 0 Å². The van der Waals surface area contributed by atoms with Gasteiger partial charge in [0.05, 0.1) is 0 Å². The van der Waals surface area contributed by atoms with Gasteiger partial charge >= 0.3 is 0 Å². The summed E-state index contributed by atoms with van der Waals surface area (Å²) in [7, 11) is 0. The molecule has 0 bridgehead atoms. The molecule has 0 unspecified atom stereocenters. The van der Waals surface area contributed by atoms with Crippen LogP contribution in [0.5, 0.6) is 0 Å². The number of hydrogen-bond acceptors (Lipinski definition) is 2. The minimum absolute atomic E-state index is 0.0252. The standard InChI is InChI=1S/C14H19BrN4O/c1-5-19-8-9(15)6-10(19)13(20)16-12-7-11(17-18-12)14(2,3)4/h6-8H,5H2,1-4H3,(H2,16,17,18,20). The van der Waals surface area contributed by atoms with Crippen molar-refractivity contribution in [2.75, 3.05) is 5.32 Å². The van der Waals surface area contributed by atoms with Crippen LogP contribution in [0.1, 0.15) is 43.9 Å². The highest BCUT2D eigenvalue weighted by atomic mass is 79.9. The summed E-state index contributed by atoms with van der Waals surface area (Å²) in [5.41, 5.74) is 1.57. The van der Waals surface area contributed by atoms with Gasteiger partial charge in [-0.05, 0) is 28.9 Å². The number of aromatic nitrogens is 3. The lowest BCUT2D eigenvalue weighted by Crippen LogP contribution is -2.16. The second-order valence-corrected chi connectivity index (χ2v) is 6.62. The zero-order chi connectivity index (χ0) is 14.9. The second kappa shape index (κ2) is 5.44. The summed E-state index contributed by atoms with van der Waals surface area (Å²) in [6.45, 7) is 9.00. The molecule has 0 atom stereocenters. The molecule has 6 heteroatoms. The lowest BCUT2D eigenvalue weighted by atomic mass is 9.92. The molecular weight excluding hydrogens is 320 g/mol. The van der Waals surface area contributed by atoms with Crippen LogP contribution in [0.25, 0.3) is 0 Å². The van der Waals surface area contributed by atoms with Crippen LogP contribution in [0.15, 0.2) is 22.8 Å². The van der Waals surface area contributed by atoms with E-state index in [-0.39, 0.29) is 11.3 Å². The Balaban J connectivity index is 2.17. The van der Waals surface area contributed by atoms with E-state index in [0.29, 0.717) is 11.5 Å². The van der Waals surface area contributed by atoms with E-state index in [2.05, 4.69) is 52.2 Å². The third kappa shape index (κ3) is 3.12. The number of H-pyrrole nitrogens is 1. The number of nitrogens with zero attached hydrogens (tertiary/aromatic N) is 2. The topological polar surface area (TPSA) is 62.7 Å². The number of aryl methyl sites for hydroxylation is 1. The predicted molar refractivity (Wildman–Crippen MR) is 83.0 cm³/mol. The maximum atomic E-state index is 12.3. The van der Waals surface area contributed by atoms with Gasteiger partial charge in [0.15, 0.2) is 5.82 Å². The number of carbonyl (C=O) groups is 1. The van der Waals surface area contributed by atoms with Gasteiger partial charge in [-0.3, -0.25) is 9.89 Å². The van der Waals surface area contributed by atoms with Crippen LogP contribution >= 0.6 is 15.9 Å². The van der Waals surface area contributed by atoms with E-state index in [4.69, 9.17) is 0 Å². The molecule has 2 N–H and O–H groups in total. The molecule has 0 aliphatic rings. The van der Waals surface area contributed by atoms with Gasteiger partial charge in [-0.25, -0.2) is 0 Å². The Morgan fingerprint density at radius 1 is 1.45 bits per heavy atom. The fraction of sp³-hybridized carbons (Fsp3) is 0.429. The van der Waals surface area contributed by atoms with Crippen molar-refractivity contribution in [1.82, 2.24) is 14.8 Å². The van der Waals surface area contributed by atoms with Crippen LogP contribution in [-0.4, -0.2) is 20.7 Å². The summed E-state index contributed by atoms with van der Waals surface area (Å²) < 4.78 is 2.78. The molecule has 0 spiro atoms. The monoisotopic (exact) mass is 338 g/mol. The van der Waals surface area contributed by atoms with Crippen LogP contribution in [0.3, 0.4) is 0 Å². The molecule has 5 nitrogen and oxygen atoms in total. The van der Waals surface area contributed by atoms with Gasteiger partial charge in [0, 0.05) is 34.4 Å². The first-order valence-electron chi connectivity index (χ1n) is 6.54. The first-order valence-corrected chi connectivity index (χ1v) is 7.33. The molecule has 0 aromatic carbocycles. The molecule has 2 heterocycles.